The van der Waals surface area contributed by atoms with Crippen LogP contribution in [0.25, 0.3) is 11.5 Å². The Morgan fingerprint density at radius 3 is 2.77 bits per heavy atom. The van der Waals surface area contributed by atoms with Gasteiger partial charge in [0.15, 0.2) is 11.5 Å². The van der Waals surface area contributed by atoms with Crippen molar-refractivity contribution in [2.75, 3.05) is 25.0 Å². The van der Waals surface area contributed by atoms with Gasteiger partial charge in [-0.1, -0.05) is 6.07 Å². The zero-order valence-electron chi connectivity index (χ0n) is 14.1. The van der Waals surface area contributed by atoms with E-state index in [4.69, 9.17) is 0 Å². The standard InChI is InChI=1S/C17H18F3N5O/c1-21-16(26)11-5-4-8-25(10-11)14-9-13(17(18,19)20)23-15(24-14)12-6-2-3-7-22-12/h2-3,6-7,9,11H,4-5,8,10H2,1H3,(H,21,26). The number of hydrogen-bond donors (Lipinski definition) is 1. The summed E-state index contributed by atoms with van der Waals surface area (Å²) in [7, 11) is 1.55. The van der Waals surface area contributed by atoms with Crippen molar-refractivity contribution in [1.82, 2.24) is 20.3 Å². The number of alkyl halides is 3. The molecule has 1 amide bonds. The van der Waals surface area contributed by atoms with Crippen molar-refractivity contribution < 1.29 is 18.0 Å². The van der Waals surface area contributed by atoms with Crippen LogP contribution in [0.4, 0.5) is 19.0 Å². The van der Waals surface area contributed by atoms with Gasteiger partial charge in [0.25, 0.3) is 0 Å². The predicted molar refractivity (Wildman–Crippen MR) is 89.3 cm³/mol. The molecule has 1 saturated heterocycles. The van der Waals surface area contributed by atoms with Crippen LogP contribution in [0, 0.1) is 5.92 Å². The van der Waals surface area contributed by atoms with Gasteiger partial charge in [0, 0.05) is 32.4 Å². The fourth-order valence-electron chi connectivity index (χ4n) is 2.95. The molecule has 3 heterocycles. The Labute approximate surface area is 148 Å². The maximum Gasteiger partial charge on any atom is 0.433 e. The number of carbonyl (C=O) groups is 1. The van der Waals surface area contributed by atoms with Gasteiger partial charge in [0.05, 0.1) is 5.92 Å². The highest BCUT2D eigenvalue weighted by Crippen LogP contribution is 2.32. The van der Waals surface area contributed by atoms with E-state index in [1.165, 1.54) is 6.20 Å². The molecule has 0 saturated carbocycles. The molecule has 1 atom stereocenters. The molecule has 0 aliphatic carbocycles. The molecule has 1 aliphatic heterocycles. The van der Waals surface area contributed by atoms with Crippen LogP contribution < -0.4 is 10.2 Å². The molecule has 2 aromatic heterocycles. The summed E-state index contributed by atoms with van der Waals surface area (Å²) < 4.78 is 39.9. The molecule has 1 N–H and O–H groups in total. The third kappa shape index (κ3) is 3.92. The average Bonchev–Trinajstić information content (AvgIpc) is 2.67. The van der Waals surface area contributed by atoms with Crippen molar-refractivity contribution in [3.63, 3.8) is 0 Å². The molecule has 1 fully saturated rings. The first kappa shape index (κ1) is 18.1. The van der Waals surface area contributed by atoms with Gasteiger partial charge in [0.1, 0.15) is 11.5 Å². The Hall–Kier alpha value is -2.71. The molecule has 0 bridgehead atoms. The summed E-state index contributed by atoms with van der Waals surface area (Å²) in [6, 6.07) is 5.81. The fourth-order valence-corrected chi connectivity index (χ4v) is 2.95. The molecule has 0 spiro atoms. The van der Waals surface area contributed by atoms with E-state index in [0.29, 0.717) is 25.9 Å². The summed E-state index contributed by atoms with van der Waals surface area (Å²) in [6.07, 6.45) is -1.73. The number of amides is 1. The third-order valence-electron chi connectivity index (χ3n) is 4.26. The van der Waals surface area contributed by atoms with Crippen LogP contribution in [0.5, 0.6) is 0 Å². The lowest BCUT2D eigenvalue weighted by molar-refractivity contribution is -0.141. The molecular weight excluding hydrogens is 347 g/mol. The monoisotopic (exact) mass is 365 g/mol. The quantitative estimate of drug-likeness (QED) is 0.905. The van der Waals surface area contributed by atoms with Crippen LogP contribution in [-0.2, 0) is 11.0 Å². The highest BCUT2D eigenvalue weighted by molar-refractivity contribution is 5.79. The van der Waals surface area contributed by atoms with Crippen LogP contribution in [0.2, 0.25) is 0 Å². The second-order valence-corrected chi connectivity index (χ2v) is 6.05. The number of nitrogens with zero attached hydrogens (tertiary/aromatic N) is 4. The molecule has 0 radical (unpaired) electrons. The molecule has 3 rings (SSSR count). The van der Waals surface area contributed by atoms with Crippen molar-refractivity contribution in [1.29, 1.82) is 0 Å². The van der Waals surface area contributed by atoms with Crippen molar-refractivity contribution in [2.24, 2.45) is 5.92 Å². The van der Waals surface area contributed by atoms with Gasteiger partial charge in [-0.2, -0.15) is 13.2 Å². The molecule has 26 heavy (non-hydrogen) atoms. The number of pyridine rings is 1. The lowest BCUT2D eigenvalue weighted by atomic mass is 9.97. The molecule has 0 aromatic carbocycles. The van der Waals surface area contributed by atoms with Crippen LogP contribution in [0.1, 0.15) is 18.5 Å². The molecule has 1 unspecified atom stereocenters. The zero-order chi connectivity index (χ0) is 18.7. The van der Waals surface area contributed by atoms with Gasteiger partial charge < -0.3 is 10.2 Å². The minimum Gasteiger partial charge on any atom is -0.359 e. The van der Waals surface area contributed by atoms with E-state index in [9.17, 15) is 18.0 Å². The van der Waals surface area contributed by atoms with Gasteiger partial charge in [0.2, 0.25) is 5.91 Å². The molecule has 1 aliphatic rings. The topological polar surface area (TPSA) is 71.0 Å². The van der Waals surface area contributed by atoms with Crippen LogP contribution in [-0.4, -0.2) is 41.0 Å². The lowest BCUT2D eigenvalue weighted by Crippen LogP contribution is -2.42. The minimum atomic E-state index is -4.60. The summed E-state index contributed by atoms with van der Waals surface area (Å²) in [5.74, 6) is -0.333. The van der Waals surface area contributed by atoms with Crippen LogP contribution in [0.3, 0.4) is 0 Å². The van der Waals surface area contributed by atoms with Crippen molar-refractivity contribution in [3.05, 3.63) is 36.2 Å². The lowest BCUT2D eigenvalue weighted by Gasteiger charge is -2.33. The SMILES string of the molecule is CNC(=O)C1CCCN(c2cc(C(F)(F)F)nc(-c3ccccn3)n2)C1. The van der Waals surface area contributed by atoms with Crippen LogP contribution >= 0.6 is 0 Å². The number of rotatable bonds is 3. The smallest absolute Gasteiger partial charge is 0.359 e. The number of hydrogen-bond acceptors (Lipinski definition) is 5. The molecular formula is C17H18F3N5O. The molecule has 138 valence electrons. The van der Waals surface area contributed by atoms with E-state index in [2.05, 4.69) is 20.3 Å². The number of nitrogens with one attached hydrogen (secondary N) is 1. The van der Waals surface area contributed by atoms with E-state index in [-0.39, 0.29) is 29.2 Å². The Morgan fingerprint density at radius 2 is 2.12 bits per heavy atom. The van der Waals surface area contributed by atoms with E-state index in [0.717, 1.165) is 6.07 Å². The van der Waals surface area contributed by atoms with Gasteiger partial charge >= 0.3 is 6.18 Å². The number of aromatic nitrogens is 3. The van der Waals surface area contributed by atoms with Crippen molar-refractivity contribution >= 4 is 11.7 Å². The fraction of sp³-hybridized carbons (Fsp3) is 0.412. The van der Waals surface area contributed by atoms with E-state index >= 15 is 0 Å². The van der Waals surface area contributed by atoms with Crippen LogP contribution in [0.15, 0.2) is 30.5 Å². The average molecular weight is 365 g/mol. The maximum atomic E-state index is 13.3. The second kappa shape index (κ2) is 7.27. The number of carbonyl (C=O) groups excluding carboxylic acids is 1. The largest absolute Gasteiger partial charge is 0.433 e. The Bertz CT molecular complexity index is 782. The first-order chi connectivity index (χ1) is 12.4. The Balaban J connectivity index is 1.99. The first-order valence-electron chi connectivity index (χ1n) is 8.22. The Morgan fingerprint density at radius 1 is 1.31 bits per heavy atom. The zero-order valence-corrected chi connectivity index (χ0v) is 14.1. The second-order valence-electron chi connectivity index (χ2n) is 6.05. The summed E-state index contributed by atoms with van der Waals surface area (Å²) in [6.45, 7) is 0.846. The molecule has 2 aromatic rings. The van der Waals surface area contributed by atoms with Crippen molar-refractivity contribution in [3.8, 4) is 11.5 Å². The minimum absolute atomic E-state index is 0.0857. The van der Waals surface area contributed by atoms with Crippen molar-refractivity contribution in [2.45, 2.75) is 19.0 Å². The predicted octanol–water partition coefficient (Wildman–Crippen LogP) is 2.52. The van der Waals surface area contributed by atoms with E-state index in [1.54, 1.807) is 30.1 Å². The van der Waals surface area contributed by atoms with Gasteiger partial charge in [-0.15, -0.1) is 0 Å². The number of anilines is 1. The highest BCUT2D eigenvalue weighted by Gasteiger charge is 2.35. The summed E-state index contributed by atoms with van der Waals surface area (Å²) >= 11 is 0. The number of piperidine rings is 1. The summed E-state index contributed by atoms with van der Waals surface area (Å²) in [5, 5.41) is 2.59. The first-order valence-corrected chi connectivity index (χ1v) is 8.22. The maximum absolute atomic E-state index is 13.3. The van der Waals surface area contributed by atoms with E-state index in [1.807, 2.05) is 0 Å². The van der Waals surface area contributed by atoms with Gasteiger partial charge in [-0.3, -0.25) is 9.78 Å². The number of halogens is 3. The summed E-state index contributed by atoms with van der Waals surface area (Å²) in [4.78, 5) is 25.6. The molecule has 9 heteroatoms. The summed E-state index contributed by atoms with van der Waals surface area (Å²) in [5.41, 5.74) is -0.759. The van der Waals surface area contributed by atoms with Gasteiger partial charge in [-0.05, 0) is 25.0 Å². The molecule has 6 nitrogen and oxygen atoms in total. The third-order valence-corrected chi connectivity index (χ3v) is 4.26. The Kier molecular flexibility index (Phi) is 5.06. The van der Waals surface area contributed by atoms with Gasteiger partial charge in [-0.25, -0.2) is 9.97 Å². The normalized spacial score (nSPS) is 17.8. The highest BCUT2D eigenvalue weighted by atomic mass is 19.4. The van der Waals surface area contributed by atoms with E-state index < -0.39 is 11.9 Å².